The van der Waals surface area contributed by atoms with Crippen molar-refractivity contribution in [3.05, 3.63) is 0 Å². The molecule has 22 heavy (non-hydrogen) atoms. The molecule has 0 N–H and O–H groups in total. The molecule has 0 aromatic carbocycles. The van der Waals surface area contributed by atoms with Crippen molar-refractivity contribution in [1.29, 1.82) is 0 Å². The summed E-state index contributed by atoms with van der Waals surface area (Å²) in [7, 11) is 1.40. The van der Waals surface area contributed by atoms with Gasteiger partial charge in [-0.2, -0.15) is 0 Å². The van der Waals surface area contributed by atoms with Crippen LogP contribution < -0.4 is 0 Å². The summed E-state index contributed by atoms with van der Waals surface area (Å²) in [5, 5.41) is 1.34. The maximum atomic E-state index is 2.99. The van der Waals surface area contributed by atoms with Crippen LogP contribution in [0.3, 0.4) is 0 Å². The fraction of sp³-hybridized carbons (Fsp3) is 1.00. The Morgan fingerprint density at radius 3 is 0.636 bits per heavy atom. The molecule has 1 saturated heterocycles. The lowest BCUT2D eigenvalue weighted by atomic mass is 10.2. The normalized spacial score (nSPS) is 24.3. The Morgan fingerprint density at radius 2 is 0.545 bits per heavy atom. The van der Waals surface area contributed by atoms with Gasteiger partial charge in [-0.3, -0.25) is 0 Å². The molecule has 0 saturated carbocycles. The molecule has 0 radical (unpaired) electrons. The molecule has 2 nitrogen and oxygen atoms in total. The molecule has 0 bridgehead atoms. The lowest BCUT2D eigenvalue weighted by molar-refractivity contribution is 0.299. The van der Waals surface area contributed by atoms with Crippen LogP contribution in [0.15, 0.2) is 0 Å². The Hall–Kier alpha value is 0.354. The standard InChI is InChI=1S/C18H42N2Si2/c1-15(2,3)21(16(4,5)6)19(13)22(20(21)14,17(7,8)9)18(10,11)12/h1-14H3. The SMILES string of the molecule is CN1[Si](C(C)(C)C)(C(C)(C)C)N(C)[Si]1(C(C)(C)C)C(C)(C)C. The first-order chi connectivity index (χ1) is 9.31. The largest absolute Gasteiger partial charge is 0.323 e. The minimum atomic E-state index is -1.78. The summed E-state index contributed by atoms with van der Waals surface area (Å²) in [5.74, 6) is 0. The second kappa shape index (κ2) is 4.93. The molecule has 1 heterocycles. The topological polar surface area (TPSA) is 6.48 Å². The summed E-state index contributed by atoms with van der Waals surface area (Å²) in [6, 6.07) is 0. The van der Waals surface area contributed by atoms with Crippen molar-refractivity contribution < 1.29 is 0 Å². The van der Waals surface area contributed by atoms with Gasteiger partial charge in [0.15, 0.2) is 0 Å². The van der Waals surface area contributed by atoms with Crippen LogP contribution in [0.5, 0.6) is 0 Å². The summed E-state index contributed by atoms with van der Waals surface area (Å²) >= 11 is 0. The minimum absolute atomic E-state index is 0.335. The molecule has 1 aliphatic heterocycles. The third-order valence-corrected chi connectivity index (χ3v) is 22.3. The van der Waals surface area contributed by atoms with Gasteiger partial charge in [-0.1, -0.05) is 83.1 Å². The maximum absolute atomic E-state index is 2.99. The van der Waals surface area contributed by atoms with Gasteiger partial charge in [0, 0.05) is 0 Å². The van der Waals surface area contributed by atoms with Crippen LogP contribution in [0.4, 0.5) is 0 Å². The number of hydrogen-bond donors (Lipinski definition) is 0. The van der Waals surface area contributed by atoms with E-state index in [1.165, 1.54) is 0 Å². The zero-order chi connectivity index (χ0) is 18.2. The molecule has 0 spiro atoms. The van der Waals surface area contributed by atoms with Crippen LogP contribution in [0.25, 0.3) is 0 Å². The first-order valence-electron chi connectivity index (χ1n) is 8.79. The summed E-state index contributed by atoms with van der Waals surface area (Å²) in [4.78, 5) is 0. The van der Waals surface area contributed by atoms with E-state index in [2.05, 4.69) is 106 Å². The van der Waals surface area contributed by atoms with E-state index in [-0.39, 0.29) is 0 Å². The third-order valence-electron chi connectivity index (χ3n) is 6.12. The van der Waals surface area contributed by atoms with Crippen LogP contribution in [0.1, 0.15) is 83.1 Å². The Labute approximate surface area is 143 Å². The molecule has 0 aromatic heterocycles. The molecular weight excluding hydrogens is 300 g/mol. The van der Waals surface area contributed by atoms with Crippen molar-refractivity contribution in [3.63, 3.8) is 0 Å². The second-order valence-corrected chi connectivity index (χ2v) is 23.7. The Bertz CT molecular complexity index is 348. The van der Waals surface area contributed by atoms with Crippen LogP contribution in [0.2, 0.25) is 20.2 Å². The lowest BCUT2D eigenvalue weighted by Gasteiger charge is -2.82. The zero-order valence-corrected chi connectivity index (χ0v) is 19.9. The van der Waals surface area contributed by atoms with Crippen LogP contribution in [0, 0.1) is 0 Å². The van der Waals surface area contributed by atoms with E-state index in [9.17, 15) is 0 Å². The van der Waals surface area contributed by atoms with E-state index >= 15 is 0 Å². The molecule has 0 amide bonds. The molecule has 0 aromatic rings. The molecular formula is C18H42N2Si2. The van der Waals surface area contributed by atoms with Crippen molar-refractivity contribution in [1.82, 2.24) is 8.46 Å². The third kappa shape index (κ3) is 2.09. The molecule has 4 heteroatoms. The highest BCUT2D eigenvalue weighted by atomic mass is 28.5. The van der Waals surface area contributed by atoms with E-state index in [0.717, 1.165) is 0 Å². The first kappa shape index (κ1) is 20.4. The van der Waals surface area contributed by atoms with Gasteiger partial charge in [0.25, 0.3) is 0 Å². The Balaban J connectivity index is 3.71. The average molecular weight is 343 g/mol. The fourth-order valence-electron chi connectivity index (χ4n) is 7.15. The first-order valence-corrected chi connectivity index (χ1v) is 12.6. The number of hydrogen-bond acceptors (Lipinski definition) is 2. The minimum Gasteiger partial charge on any atom is -0.323 e. The fourth-order valence-corrected chi connectivity index (χ4v) is 33.5. The molecule has 0 aliphatic carbocycles. The monoisotopic (exact) mass is 342 g/mol. The Morgan fingerprint density at radius 1 is 0.409 bits per heavy atom. The molecule has 1 fully saturated rings. The molecule has 1 aliphatic rings. The van der Waals surface area contributed by atoms with Crippen molar-refractivity contribution >= 4 is 16.8 Å². The molecule has 1 rings (SSSR count). The molecule has 0 atom stereocenters. The maximum Gasteiger partial charge on any atom is 0.206 e. The van der Waals surface area contributed by atoms with Crippen LogP contribution in [-0.4, -0.2) is 39.4 Å². The summed E-state index contributed by atoms with van der Waals surface area (Å²) in [5.41, 5.74) is 0. The van der Waals surface area contributed by atoms with Crippen molar-refractivity contribution in [2.45, 2.75) is 103 Å². The van der Waals surface area contributed by atoms with E-state index < -0.39 is 16.8 Å². The van der Waals surface area contributed by atoms with Gasteiger partial charge in [-0.15, -0.1) is 0 Å². The van der Waals surface area contributed by atoms with Crippen molar-refractivity contribution in [3.8, 4) is 0 Å². The second-order valence-electron chi connectivity index (χ2n) is 11.5. The predicted molar refractivity (Wildman–Crippen MR) is 106 cm³/mol. The summed E-state index contributed by atoms with van der Waals surface area (Å²) in [6.45, 7) is 29.7. The van der Waals surface area contributed by atoms with E-state index in [4.69, 9.17) is 0 Å². The predicted octanol–water partition coefficient (Wildman–Crippen LogP) is 5.95. The van der Waals surface area contributed by atoms with Gasteiger partial charge >= 0.3 is 0 Å². The van der Waals surface area contributed by atoms with Crippen LogP contribution >= 0.6 is 0 Å². The Kier molecular flexibility index (Phi) is 4.57. The quantitative estimate of drug-likeness (QED) is 0.502. The van der Waals surface area contributed by atoms with Crippen molar-refractivity contribution in [2.75, 3.05) is 14.1 Å². The van der Waals surface area contributed by atoms with E-state index in [1.807, 2.05) is 0 Å². The molecule has 132 valence electrons. The van der Waals surface area contributed by atoms with Gasteiger partial charge in [-0.05, 0) is 34.2 Å². The van der Waals surface area contributed by atoms with Gasteiger partial charge < -0.3 is 8.46 Å². The van der Waals surface area contributed by atoms with E-state index in [0.29, 0.717) is 20.2 Å². The smallest absolute Gasteiger partial charge is 0.206 e. The summed E-state index contributed by atoms with van der Waals surface area (Å²) in [6.07, 6.45) is 0. The average Bonchev–Trinajstić information content (AvgIpc) is 2.07. The molecule has 0 unspecified atom stereocenters. The van der Waals surface area contributed by atoms with Gasteiger partial charge in [0.1, 0.15) is 0 Å². The van der Waals surface area contributed by atoms with E-state index in [1.54, 1.807) is 0 Å². The number of nitrogens with zero attached hydrogens (tertiary/aromatic N) is 2. The highest BCUT2D eigenvalue weighted by molar-refractivity contribution is 7.09. The highest BCUT2D eigenvalue weighted by Crippen LogP contribution is 2.70. The van der Waals surface area contributed by atoms with Gasteiger partial charge in [-0.25, -0.2) is 0 Å². The summed E-state index contributed by atoms with van der Waals surface area (Å²) < 4.78 is 5.97. The van der Waals surface area contributed by atoms with Crippen LogP contribution in [-0.2, 0) is 0 Å². The number of rotatable bonds is 0. The van der Waals surface area contributed by atoms with Gasteiger partial charge in [0.05, 0.1) is 0 Å². The van der Waals surface area contributed by atoms with Gasteiger partial charge in [0.2, 0.25) is 16.8 Å². The highest BCUT2D eigenvalue weighted by Gasteiger charge is 2.80. The zero-order valence-electron chi connectivity index (χ0n) is 17.9. The lowest BCUT2D eigenvalue weighted by Crippen LogP contribution is -2.99. The van der Waals surface area contributed by atoms with Crippen molar-refractivity contribution in [2.24, 2.45) is 0 Å².